The molecule has 0 saturated carbocycles. The maximum Gasteiger partial charge on any atom is 0.259 e. The van der Waals surface area contributed by atoms with Gasteiger partial charge in [0.25, 0.3) is 5.91 Å². The van der Waals surface area contributed by atoms with Crippen molar-refractivity contribution in [1.82, 2.24) is 15.0 Å². The van der Waals surface area contributed by atoms with E-state index in [-0.39, 0.29) is 16.8 Å². The van der Waals surface area contributed by atoms with Crippen molar-refractivity contribution >= 4 is 17.7 Å². The minimum atomic E-state index is 0.0510. The molecular formula is C19H23N3O3S. The van der Waals surface area contributed by atoms with Crippen molar-refractivity contribution in [2.75, 3.05) is 18.8 Å². The van der Waals surface area contributed by atoms with E-state index < -0.39 is 0 Å². The van der Waals surface area contributed by atoms with E-state index >= 15 is 0 Å². The molecule has 2 fully saturated rings. The maximum absolute atomic E-state index is 12.9. The summed E-state index contributed by atoms with van der Waals surface area (Å²) in [6.07, 6.45) is 6.30. The molecule has 0 bridgehead atoms. The number of likely N-dealkylation sites (tertiary alicyclic amines) is 1. The van der Waals surface area contributed by atoms with Gasteiger partial charge in [-0.15, -0.1) is 11.8 Å². The van der Waals surface area contributed by atoms with Crippen molar-refractivity contribution in [2.45, 2.75) is 44.0 Å². The fourth-order valence-corrected chi connectivity index (χ4v) is 5.27. The van der Waals surface area contributed by atoms with Crippen LogP contribution in [0.1, 0.15) is 41.6 Å². The normalized spacial score (nSPS) is 21.0. The predicted molar refractivity (Wildman–Crippen MR) is 99.6 cm³/mol. The highest BCUT2D eigenvalue weighted by Crippen LogP contribution is 2.46. The molecule has 6 nitrogen and oxygen atoms in total. The Morgan fingerprint density at radius 2 is 2.35 bits per heavy atom. The summed E-state index contributed by atoms with van der Waals surface area (Å²) in [6, 6.07) is 3.81. The number of ether oxygens (including phenoxy) is 1. The van der Waals surface area contributed by atoms with E-state index in [4.69, 9.17) is 9.26 Å². The number of thioether (sulfide) groups is 1. The minimum Gasteiger partial charge on any atom is -0.488 e. The molecule has 0 N–H and O–H groups in total. The van der Waals surface area contributed by atoms with Gasteiger partial charge in [-0.05, 0) is 25.5 Å². The molecule has 2 saturated heterocycles. The van der Waals surface area contributed by atoms with Gasteiger partial charge in [0.05, 0.1) is 16.6 Å². The monoisotopic (exact) mass is 373 g/mol. The lowest BCUT2D eigenvalue weighted by molar-refractivity contribution is 0.0515. The van der Waals surface area contributed by atoms with Gasteiger partial charge in [-0.1, -0.05) is 12.1 Å². The summed E-state index contributed by atoms with van der Waals surface area (Å²) in [5.74, 6) is 2.53. The fraction of sp³-hybridized carbons (Fsp3) is 0.526. The number of hydrogen-bond donors (Lipinski definition) is 0. The van der Waals surface area contributed by atoms with Gasteiger partial charge in [0.15, 0.2) is 0 Å². The summed E-state index contributed by atoms with van der Waals surface area (Å²) < 4.78 is 11.5. The second-order valence-corrected chi connectivity index (χ2v) is 8.59. The molecule has 26 heavy (non-hydrogen) atoms. The Balaban J connectivity index is 1.37. The van der Waals surface area contributed by atoms with Crippen LogP contribution in [0.3, 0.4) is 0 Å². The molecule has 7 heteroatoms. The molecule has 4 heterocycles. The Bertz CT molecular complexity index is 787. The van der Waals surface area contributed by atoms with Crippen molar-refractivity contribution in [2.24, 2.45) is 0 Å². The summed E-state index contributed by atoms with van der Waals surface area (Å²) in [5, 5.41) is 3.99. The van der Waals surface area contributed by atoms with Gasteiger partial charge in [0.1, 0.15) is 23.2 Å². The number of carbonyl (C=O) groups excluding carboxylic acids is 1. The highest BCUT2D eigenvalue weighted by Gasteiger charge is 2.52. The zero-order valence-corrected chi connectivity index (χ0v) is 15.9. The van der Waals surface area contributed by atoms with Crippen LogP contribution in [0, 0.1) is 6.92 Å². The Labute approximate surface area is 157 Å². The fourth-order valence-electron chi connectivity index (χ4n) is 3.75. The number of aryl methyl sites for hydroxylation is 2. The van der Waals surface area contributed by atoms with Gasteiger partial charge >= 0.3 is 0 Å². The molecule has 2 aliphatic heterocycles. The van der Waals surface area contributed by atoms with Gasteiger partial charge < -0.3 is 14.2 Å². The Kier molecular flexibility index (Phi) is 4.65. The highest BCUT2D eigenvalue weighted by molar-refractivity contribution is 8.01. The third kappa shape index (κ3) is 3.20. The largest absolute Gasteiger partial charge is 0.488 e. The van der Waals surface area contributed by atoms with E-state index in [0.29, 0.717) is 17.0 Å². The van der Waals surface area contributed by atoms with Crippen molar-refractivity contribution in [3.63, 3.8) is 0 Å². The van der Waals surface area contributed by atoms with E-state index in [2.05, 4.69) is 17.1 Å². The zero-order chi connectivity index (χ0) is 18.1. The molecule has 0 radical (unpaired) electrons. The summed E-state index contributed by atoms with van der Waals surface area (Å²) in [7, 11) is 0. The average Bonchev–Trinajstić information content (AvgIpc) is 3.19. The van der Waals surface area contributed by atoms with Crippen LogP contribution < -0.4 is 4.74 Å². The van der Waals surface area contributed by atoms with Crippen molar-refractivity contribution in [1.29, 1.82) is 0 Å². The first-order valence-corrected chi connectivity index (χ1v) is 10.0. The van der Waals surface area contributed by atoms with Crippen LogP contribution in [-0.2, 0) is 6.42 Å². The number of rotatable bonds is 5. The molecule has 1 amide bonds. The lowest BCUT2D eigenvalue weighted by Crippen LogP contribution is -2.61. The van der Waals surface area contributed by atoms with Crippen LogP contribution in [0.5, 0.6) is 5.75 Å². The first kappa shape index (κ1) is 17.4. The third-order valence-electron chi connectivity index (χ3n) is 4.98. The molecule has 2 aliphatic rings. The molecule has 2 aromatic heterocycles. The van der Waals surface area contributed by atoms with Crippen LogP contribution in [0.4, 0.5) is 0 Å². The number of hydrogen-bond acceptors (Lipinski definition) is 6. The molecule has 1 atom stereocenters. The van der Waals surface area contributed by atoms with Crippen LogP contribution in [-0.4, -0.2) is 50.6 Å². The maximum atomic E-state index is 12.9. The van der Waals surface area contributed by atoms with Gasteiger partial charge in [0, 0.05) is 37.9 Å². The number of carbonyl (C=O) groups is 1. The molecule has 4 rings (SSSR count). The number of pyridine rings is 1. The summed E-state index contributed by atoms with van der Waals surface area (Å²) in [5.41, 5.74) is 1.35. The molecule has 1 spiro atoms. The van der Waals surface area contributed by atoms with Crippen molar-refractivity contribution in [3.8, 4) is 5.75 Å². The van der Waals surface area contributed by atoms with E-state index in [0.717, 1.165) is 43.9 Å². The number of nitrogens with zero attached hydrogens (tertiary/aromatic N) is 3. The quantitative estimate of drug-likeness (QED) is 0.802. The number of aromatic nitrogens is 2. The molecule has 0 aliphatic carbocycles. The highest BCUT2D eigenvalue weighted by atomic mass is 32.2. The summed E-state index contributed by atoms with van der Waals surface area (Å²) >= 11 is 1.92. The third-order valence-corrected chi connectivity index (χ3v) is 6.56. The predicted octanol–water partition coefficient (Wildman–Crippen LogP) is 3.11. The topological polar surface area (TPSA) is 68.5 Å². The van der Waals surface area contributed by atoms with Crippen LogP contribution in [0.2, 0.25) is 0 Å². The average molecular weight is 373 g/mol. The SMILES string of the molecule is CCCc1onc(C)c1C(=O)N1CC2(CC(Oc3cccnc3)CS2)C1. The van der Waals surface area contributed by atoms with Crippen LogP contribution >= 0.6 is 11.8 Å². The Morgan fingerprint density at radius 3 is 3.08 bits per heavy atom. The smallest absolute Gasteiger partial charge is 0.259 e. The van der Waals surface area contributed by atoms with Gasteiger partial charge in [-0.3, -0.25) is 9.78 Å². The van der Waals surface area contributed by atoms with Gasteiger partial charge in [0.2, 0.25) is 0 Å². The minimum absolute atomic E-state index is 0.0510. The summed E-state index contributed by atoms with van der Waals surface area (Å²) in [6.45, 7) is 5.44. The molecule has 1 unspecified atom stereocenters. The molecule has 0 aromatic carbocycles. The van der Waals surface area contributed by atoms with Crippen LogP contribution in [0.25, 0.3) is 0 Å². The number of amides is 1. The lowest BCUT2D eigenvalue weighted by Gasteiger charge is -2.47. The van der Waals surface area contributed by atoms with E-state index in [1.165, 1.54) is 0 Å². The van der Waals surface area contributed by atoms with Crippen molar-refractivity contribution < 1.29 is 14.1 Å². The lowest BCUT2D eigenvalue weighted by atomic mass is 9.92. The van der Waals surface area contributed by atoms with Gasteiger partial charge in [-0.25, -0.2) is 0 Å². The summed E-state index contributed by atoms with van der Waals surface area (Å²) in [4.78, 5) is 18.9. The second kappa shape index (κ2) is 6.95. The van der Waals surface area contributed by atoms with Crippen molar-refractivity contribution in [3.05, 3.63) is 41.5 Å². The van der Waals surface area contributed by atoms with E-state index in [1.54, 1.807) is 12.4 Å². The Morgan fingerprint density at radius 1 is 1.50 bits per heavy atom. The second-order valence-electron chi connectivity index (χ2n) is 7.10. The first-order chi connectivity index (χ1) is 12.6. The van der Waals surface area contributed by atoms with Gasteiger partial charge in [-0.2, -0.15) is 0 Å². The molecular weight excluding hydrogens is 350 g/mol. The molecule has 2 aromatic rings. The first-order valence-electron chi connectivity index (χ1n) is 9.05. The zero-order valence-electron chi connectivity index (χ0n) is 15.1. The van der Waals surface area contributed by atoms with E-state index in [1.807, 2.05) is 35.7 Å². The standard InChI is InChI=1S/C19H23N3O3S/c1-3-5-16-17(13(2)21-25-16)18(23)22-11-19(12-22)8-15(10-26-19)24-14-6-4-7-20-9-14/h4,6-7,9,15H,3,5,8,10-12H2,1-2H3. The Hall–Kier alpha value is -2.02. The molecule has 138 valence electrons. The van der Waals surface area contributed by atoms with E-state index in [9.17, 15) is 4.79 Å². The van der Waals surface area contributed by atoms with Crippen LogP contribution in [0.15, 0.2) is 29.0 Å².